The summed E-state index contributed by atoms with van der Waals surface area (Å²) in [5, 5.41) is 8.83. The molecule has 0 spiro atoms. The molecule has 0 radical (unpaired) electrons. The quantitative estimate of drug-likeness (QED) is 0.205. The minimum Gasteiger partial charge on any atom is -0.390 e. The fraction of sp³-hybridized carbons (Fsp3) is 0.316. The summed E-state index contributed by atoms with van der Waals surface area (Å²) in [5.74, 6) is 0.264. The first kappa shape index (κ1) is 35.0. The number of halogens is 1. The zero-order valence-electron chi connectivity index (χ0n) is 30.6. The molecule has 2 aliphatic carbocycles. The molecule has 8 aromatic rings. The fourth-order valence-corrected chi connectivity index (χ4v) is 8.24. The van der Waals surface area contributed by atoms with Gasteiger partial charge in [-0.05, 0) is 60.8 Å². The SMILES string of the molecule is Cn1cnc2ncn(Cc3nn(C4CC(c5ccc(-c6nc7ncn(Cc8nn(C9CC(c%10ccc(Br)cc%10)C9)c(=O)o8)c(=O)c7n6C)cc5)C4)c(=O)o3)c(=O)c21. The van der Waals surface area contributed by atoms with Crippen molar-refractivity contribution in [2.24, 2.45) is 14.1 Å². The van der Waals surface area contributed by atoms with Crippen molar-refractivity contribution in [2.75, 3.05) is 0 Å². The van der Waals surface area contributed by atoms with Crippen LogP contribution in [0, 0.1) is 0 Å². The van der Waals surface area contributed by atoms with Crippen LogP contribution in [0.2, 0.25) is 0 Å². The Kier molecular flexibility index (Phi) is 8.17. The van der Waals surface area contributed by atoms with Gasteiger partial charge in [-0.15, -0.1) is 10.2 Å². The summed E-state index contributed by atoms with van der Waals surface area (Å²) in [5.41, 5.74) is 3.80. The predicted octanol–water partition coefficient (Wildman–Crippen LogP) is 3.64. The summed E-state index contributed by atoms with van der Waals surface area (Å²) in [6, 6.07) is 15.9. The van der Waals surface area contributed by atoms with Gasteiger partial charge in [-0.3, -0.25) is 18.7 Å². The van der Waals surface area contributed by atoms with E-state index >= 15 is 0 Å². The molecule has 6 heterocycles. The van der Waals surface area contributed by atoms with E-state index in [9.17, 15) is 19.2 Å². The maximum Gasteiger partial charge on any atom is 0.437 e. The molecule has 0 amide bonds. The number of fused-ring (bicyclic) bond motifs is 2. The highest BCUT2D eigenvalue weighted by Crippen LogP contribution is 2.45. The summed E-state index contributed by atoms with van der Waals surface area (Å²) in [6.45, 7) is -0.0800. The highest BCUT2D eigenvalue weighted by Gasteiger charge is 2.36. The molecule has 0 atom stereocenters. The number of aromatic nitrogens is 12. The van der Waals surface area contributed by atoms with Crippen LogP contribution in [0.1, 0.15) is 72.5 Å². The largest absolute Gasteiger partial charge is 0.437 e. The minimum absolute atomic E-state index is 0.0305. The molecular formula is C38H33BrN12O6. The van der Waals surface area contributed by atoms with Crippen LogP contribution >= 0.6 is 15.9 Å². The number of hydrogen-bond donors (Lipinski definition) is 0. The molecular weight excluding hydrogens is 800 g/mol. The third-order valence-electron chi connectivity index (χ3n) is 11.3. The molecule has 6 aromatic heterocycles. The second kappa shape index (κ2) is 13.3. The summed E-state index contributed by atoms with van der Waals surface area (Å²) in [7, 11) is 3.48. The minimum atomic E-state index is -0.570. The molecule has 0 bridgehead atoms. The van der Waals surface area contributed by atoms with Gasteiger partial charge in [0.05, 0.1) is 18.4 Å². The zero-order chi connectivity index (χ0) is 39.1. The Bertz CT molecular complexity index is 3080. The van der Waals surface area contributed by atoms with Crippen molar-refractivity contribution < 1.29 is 8.83 Å². The van der Waals surface area contributed by atoms with Crippen LogP contribution < -0.4 is 22.6 Å². The first-order chi connectivity index (χ1) is 27.6. The molecule has 2 fully saturated rings. The molecule has 0 N–H and O–H groups in total. The van der Waals surface area contributed by atoms with E-state index in [2.05, 4.69) is 58.2 Å². The topological polar surface area (TPSA) is 201 Å². The van der Waals surface area contributed by atoms with Crippen LogP contribution in [0.3, 0.4) is 0 Å². The predicted molar refractivity (Wildman–Crippen MR) is 207 cm³/mol. The second-order valence-corrected chi connectivity index (χ2v) is 15.7. The van der Waals surface area contributed by atoms with Crippen molar-refractivity contribution >= 4 is 38.3 Å². The van der Waals surface area contributed by atoms with E-state index in [1.807, 2.05) is 36.4 Å². The monoisotopic (exact) mass is 832 g/mol. The maximum absolute atomic E-state index is 13.7. The van der Waals surface area contributed by atoms with Gasteiger partial charge in [0, 0.05) is 24.1 Å². The molecule has 288 valence electrons. The van der Waals surface area contributed by atoms with Crippen LogP contribution in [0.4, 0.5) is 0 Å². The van der Waals surface area contributed by atoms with Gasteiger partial charge in [-0.25, -0.2) is 29.5 Å². The number of rotatable bonds is 9. The normalized spacial score (nSPS) is 19.3. The van der Waals surface area contributed by atoms with Gasteiger partial charge < -0.3 is 18.0 Å². The standard InChI is InChI=1S/C38H33BrN12O6/c1-46-17-40-32-30(46)35(52)48(18-41-32)15-28-44-50(37(54)56-28)26-11-23(12-26)20-3-5-22(6-4-20)34-43-33-31(47(34)2)36(53)49(19-42-33)16-29-45-51(38(55)57-29)27-13-24(14-27)21-7-9-25(39)10-8-21/h3-10,17-19,23-24,26-27H,11-16H2,1-2H3. The lowest BCUT2D eigenvalue weighted by Gasteiger charge is -2.34. The molecule has 19 heteroatoms. The van der Waals surface area contributed by atoms with Crippen molar-refractivity contribution in [3.63, 3.8) is 0 Å². The van der Waals surface area contributed by atoms with E-state index in [0.29, 0.717) is 46.9 Å². The van der Waals surface area contributed by atoms with Crippen LogP contribution in [0.25, 0.3) is 33.7 Å². The summed E-state index contributed by atoms with van der Waals surface area (Å²) < 4.78 is 20.7. The number of aryl methyl sites for hydroxylation is 2. The smallest absolute Gasteiger partial charge is 0.390 e. The van der Waals surface area contributed by atoms with Gasteiger partial charge in [0.2, 0.25) is 11.8 Å². The number of nitrogens with zero attached hydrogens (tertiary/aromatic N) is 12. The third kappa shape index (κ3) is 5.99. The Morgan fingerprint density at radius 2 is 1.14 bits per heavy atom. The number of benzene rings is 2. The molecule has 2 aliphatic rings. The summed E-state index contributed by atoms with van der Waals surface area (Å²) in [6.07, 6.45) is 7.22. The average Bonchev–Trinajstić information content (AvgIpc) is 3.92. The zero-order valence-corrected chi connectivity index (χ0v) is 32.2. The maximum atomic E-state index is 13.7. The lowest BCUT2D eigenvalue weighted by Crippen LogP contribution is -2.31. The van der Waals surface area contributed by atoms with Crippen molar-refractivity contribution in [3.8, 4) is 11.4 Å². The van der Waals surface area contributed by atoms with E-state index in [1.165, 1.54) is 43.0 Å². The Morgan fingerprint density at radius 3 is 1.70 bits per heavy atom. The highest BCUT2D eigenvalue weighted by molar-refractivity contribution is 9.10. The van der Waals surface area contributed by atoms with Crippen LogP contribution in [-0.4, -0.2) is 57.8 Å². The Labute approximate surface area is 328 Å². The van der Waals surface area contributed by atoms with Crippen molar-refractivity contribution in [2.45, 2.75) is 62.7 Å². The van der Waals surface area contributed by atoms with Crippen molar-refractivity contribution in [1.82, 2.24) is 57.8 Å². The van der Waals surface area contributed by atoms with Crippen LogP contribution in [0.5, 0.6) is 0 Å². The summed E-state index contributed by atoms with van der Waals surface area (Å²) >= 11 is 3.47. The Morgan fingerprint density at radius 1 is 0.649 bits per heavy atom. The van der Waals surface area contributed by atoms with Gasteiger partial charge in [0.25, 0.3) is 11.1 Å². The average molecular weight is 834 g/mol. The van der Waals surface area contributed by atoms with Crippen LogP contribution in [0.15, 0.2) is 100.0 Å². The molecule has 2 saturated carbocycles. The molecule has 18 nitrogen and oxygen atoms in total. The van der Waals surface area contributed by atoms with Crippen molar-refractivity contribution in [3.05, 3.63) is 137 Å². The molecule has 0 saturated heterocycles. The fourth-order valence-electron chi connectivity index (χ4n) is 7.98. The highest BCUT2D eigenvalue weighted by atomic mass is 79.9. The van der Waals surface area contributed by atoms with E-state index in [1.54, 1.807) is 23.2 Å². The number of imidazole rings is 2. The van der Waals surface area contributed by atoms with Gasteiger partial charge in [0.15, 0.2) is 22.3 Å². The first-order valence-corrected chi connectivity index (χ1v) is 19.2. The lowest BCUT2D eigenvalue weighted by atomic mass is 9.76. The molecule has 57 heavy (non-hydrogen) atoms. The van der Waals surface area contributed by atoms with Crippen LogP contribution in [-0.2, 0) is 27.2 Å². The Balaban J connectivity index is 0.800. The summed E-state index contributed by atoms with van der Waals surface area (Å²) in [4.78, 5) is 69.5. The number of hydrogen-bond acceptors (Lipinski definition) is 12. The van der Waals surface area contributed by atoms with E-state index in [0.717, 1.165) is 28.4 Å². The van der Waals surface area contributed by atoms with Gasteiger partial charge in [-0.2, -0.15) is 9.36 Å². The molecule has 0 aliphatic heterocycles. The van der Waals surface area contributed by atoms with Crippen molar-refractivity contribution in [1.29, 1.82) is 0 Å². The molecule has 10 rings (SSSR count). The van der Waals surface area contributed by atoms with E-state index in [-0.39, 0.29) is 54.0 Å². The second-order valence-electron chi connectivity index (χ2n) is 14.8. The lowest BCUT2D eigenvalue weighted by molar-refractivity contribution is 0.233. The van der Waals surface area contributed by atoms with Gasteiger partial charge in [-0.1, -0.05) is 52.3 Å². The van der Waals surface area contributed by atoms with E-state index < -0.39 is 11.5 Å². The van der Waals surface area contributed by atoms with E-state index in [4.69, 9.17) is 8.83 Å². The van der Waals surface area contributed by atoms with Gasteiger partial charge >= 0.3 is 11.5 Å². The molecule has 2 aromatic carbocycles. The molecule has 0 unspecified atom stereocenters. The van der Waals surface area contributed by atoms with Gasteiger partial charge in [0.1, 0.15) is 31.6 Å². The first-order valence-electron chi connectivity index (χ1n) is 18.4. The third-order valence-corrected chi connectivity index (χ3v) is 11.8. The Hall–Kier alpha value is -6.50.